The van der Waals surface area contributed by atoms with E-state index in [1.807, 2.05) is 12.1 Å². The number of hydrogen-bond donors (Lipinski definition) is 1. The van der Waals surface area contributed by atoms with Crippen LogP contribution in [0.1, 0.15) is 38.2 Å². The summed E-state index contributed by atoms with van der Waals surface area (Å²) >= 11 is 0. The number of ether oxygens (including phenoxy) is 2. The van der Waals surface area contributed by atoms with Gasteiger partial charge in [-0.15, -0.1) is 24.0 Å². The molecule has 7 heteroatoms. The molecule has 0 amide bonds. The topological polar surface area (TPSA) is 63.2 Å². The van der Waals surface area contributed by atoms with Gasteiger partial charge >= 0.3 is 5.97 Å². The summed E-state index contributed by atoms with van der Waals surface area (Å²) in [7, 11) is 3.20. The first-order valence-electron chi connectivity index (χ1n) is 9.88. The van der Waals surface area contributed by atoms with Gasteiger partial charge in [0.1, 0.15) is 5.75 Å². The zero-order valence-corrected chi connectivity index (χ0v) is 19.4. The average molecular weight is 501 g/mol. The number of rotatable bonds is 6. The SMILES string of the molecule is CCNC(=NCC1(c2ccccc2OC)CC1)N1CCC(C(=O)OC)CC1.I. The third-order valence-electron chi connectivity index (χ3n) is 5.73. The van der Waals surface area contributed by atoms with Crippen molar-refractivity contribution < 1.29 is 14.3 Å². The fourth-order valence-electron chi connectivity index (χ4n) is 3.89. The predicted octanol–water partition coefficient (Wildman–Crippen LogP) is 3.20. The first-order chi connectivity index (χ1) is 13.1. The Labute approximate surface area is 185 Å². The highest BCUT2D eigenvalue weighted by molar-refractivity contribution is 14.0. The summed E-state index contributed by atoms with van der Waals surface area (Å²) in [5.74, 6) is 1.82. The number of hydrogen-bond acceptors (Lipinski definition) is 4. The molecule has 1 aliphatic heterocycles. The third-order valence-corrected chi connectivity index (χ3v) is 5.73. The maximum absolute atomic E-state index is 11.8. The number of aliphatic imine (C=N–C) groups is 1. The number of esters is 1. The highest BCUT2D eigenvalue weighted by Crippen LogP contribution is 2.51. The van der Waals surface area contributed by atoms with Crippen LogP contribution < -0.4 is 10.1 Å². The molecule has 0 unspecified atom stereocenters. The summed E-state index contributed by atoms with van der Waals surface area (Å²) in [5, 5.41) is 3.42. The molecule has 2 fully saturated rings. The van der Waals surface area contributed by atoms with Gasteiger partial charge in [0.25, 0.3) is 0 Å². The number of benzene rings is 1. The minimum absolute atomic E-state index is 0. The summed E-state index contributed by atoms with van der Waals surface area (Å²) in [5.41, 5.74) is 1.36. The molecule has 3 rings (SSSR count). The molecule has 1 saturated heterocycles. The number of carbonyl (C=O) groups is 1. The Bertz CT molecular complexity index is 683. The Kier molecular flexibility index (Phi) is 8.39. The molecule has 0 bridgehead atoms. The number of carbonyl (C=O) groups excluding carboxylic acids is 1. The van der Waals surface area contributed by atoms with Gasteiger partial charge in [0, 0.05) is 30.6 Å². The van der Waals surface area contributed by atoms with E-state index in [0.29, 0.717) is 0 Å². The lowest BCUT2D eigenvalue weighted by Gasteiger charge is -2.33. The molecule has 156 valence electrons. The van der Waals surface area contributed by atoms with E-state index in [2.05, 4.69) is 29.3 Å². The molecule has 1 N–H and O–H groups in total. The van der Waals surface area contributed by atoms with Crippen LogP contribution in [-0.4, -0.2) is 57.2 Å². The second-order valence-corrected chi connectivity index (χ2v) is 7.44. The normalized spacial score (nSPS) is 18.8. The van der Waals surface area contributed by atoms with Crippen LogP contribution in [0.5, 0.6) is 5.75 Å². The predicted molar refractivity (Wildman–Crippen MR) is 122 cm³/mol. The number of likely N-dealkylation sites (tertiary alicyclic amines) is 1. The highest BCUT2D eigenvalue weighted by Gasteiger charge is 2.46. The van der Waals surface area contributed by atoms with Gasteiger partial charge in [-0.25, -0.2) is 0 Å². The number of nitrogens with one attached hydrogen (secondary N) is 1. The number of halogens is 1. The second kappa shape index (κ2) is 10.3. The Hall–Kier alpha value is -1.51. The molecule has 0 atom stereocenters. The molecule has 6 nitrogen and oxygen atoms in total. The van der Waals surface area contributed by atoms with Crippen LogP contribution in [0, 0.1) is 5.92 Å². The van der Waals surface area contributed by atoms with Crippen molar-refractivity contribution >= 4 is 35.9 Å². The summed E-state index contributed by atoms with van der Waals surface area (Å²) < 4.78 is 10.5. The molecule has 1 saturated carbocycles. The molecule has 0 aromatic heterocycles. The summed E-state index contributed by atoms with van der Waals surface area (Å²) in [6.45, 7) is 5.33. The Morgan fingerprint density at radius 3 is 2.50 bits per heavy atom. The van der Waals surface area contributed by atoms with Crippen molar-refractivity contribution in [1.82, 2.24) is 10.2 Å². The standard InChI is InChI=1S/C21H31N3O3.HI/c1-4-22-20(24-13-9-16(10-14-24)19(25)27-3)23-15-21(11-12-21)17-7-5-6-8-18(17)26-2;/h5-8,16H,4,9-15H2,1-3H3,(H,22,23);1H. The smallest absolute Gasteiger partial charge is 0.308 e. The molecule has 1 aromatic carbocycles. The van der Waals surface area contributed by atoms with Crippen LogP contribution in [0.4, 0.5) is 0 Å². The van der Waals surface area contributed by atoms with Crippen molar-refractivity contribution in [2.45, 2.75) is 38.0 Å². The molecule has 0 spiro atoms. The largest absolute Gasteiger partial charge is 0.496 e. The zero-order valence-electron chi connectivity index (χ0n) is 17.1. The van der Waals surface area contributed by atoms with Gasteiger partial charge in [0.05, 0.1) is 26.7 Å². The van der Waals surface area contributed by atoms with E-state index in [0.717, 1.165) is 63.6 Å². The molecule has 0 radical (unpaired) electrons. The van der Waals surface area contributed by atoms with Crippen LogP contribution in [0.2, 0.25) is 0 Å². The number of para-hydroxylation sites is 1. The van der Waals surface area contributed by atoms with Gasteiger partial charge in [-0.2, -0.15) is 0 Å². The van der Waals surface area contributed by atoms with Crippen LogP contribution in [0.3, 0.4) is 0 Å². The lowest BCUT2D eigenvalue weighted by atomic mass is 9.95. The van der Waals surface area contributed by atoms with E-state index in [4.69, 9.17) is 14.5 Å². The van der Waals surface area contributed by atoms with E-state index in [9.17, 15) is 4.79 Å². The number of guanidine groups is 1. The van der Waals surface area contributed by atoms with Crippen molar-refractivity contribution in [3.05, 3.63) is 29.8 Å². The van der Waals surface area contributed by atoms with Crippen molar-refractivity contribution in [3.8, 4) is 5.75 Å². The van der Waals surface area contributed by atoms with E-state index >= 15 is 0 Å². The van der Waals surface area contributed by atoms with Crippen molar-refractivity contribution in [1.29, 1.82) is 0 Å². The quantitative estimate of drug-likeness (QED) is 0.281. The lowest BCUT2D eigenvalue weighted by Crippen LogP contribution is -2.47. The number of piperidine rings is 1. The molecule has 28 heavy (non-hydrogen) atoms. The molecular weight excluding hydrogens is 469 g/mol. The third kappa shape index (κ3) is 5.10. The highest BCUT2D eigenvalue weighted by atomic mass is 127. The van der Waals surface area contributed by atoms with Gasteiger partial charge in [-0.05, 0) is 38.7 Å². The van der Waals surface area contributed by atoms with E-state index < -0.39 is 0 Å². The maximum Gasteiger partial charge on any atom is 0.308 e. The average Bonchev–Trinajstić information content (AvgIpc) is 3.51. The first-order valence-corrected chi connectivity index (χ1v) is 9.88. The minimum atomic E-state index is -0.0929. The molecule has 1 aliphatic carbocycles. The van der Waals surface area contributed by atoms with E-state index in [1.165, 1.54) is 12.7 Å². The second-order valence-electron chi connectivity index (χ2n) is 7.44. The van der Waals surface area contributed by atoms with Gasteiger partial charge in [0.2, 0.25) is 0 Å². The zero-order chi connectivity index (χ0) is 19.3. The fraction of sp³-hybridized carbons (Fsp3) is 0.619. The molecular formula is C21H32IN3O3. The lowest BCUT2D eigenvalue weighted by molar-refractivity contribution is -0.146. The molecule has 1 aromatic rings. The first kappa shape index (κ1) is 22.8. The van der Waals surface area contributed by atoms with Crippen molar-refractivity contribution in [2.75, 3.05) is 40.4 Å². The van der Waals surface area contributed by atoms with Crippen LogP contribution in [0.25, 0.3) is 0 Å². The summed E-state index contributed by atoms with van der Waals surface area (Å²) in [6, 6.07) is 8.28. The van der Waals surface area contributed by atoms with Crippen molar-refractivity contribution in [3.63, 3.8) is 0 Å². The van der Waals surface area contributed by atoms with Crippen LogP contribution >= 0.6 is 24.0 Å². The number of nitrogens with zero attached hydrogens (tertiary/aromatic N) is 2. The van der Waals surface area contributed by atoms with Crippen LogP contribution in [0.15, 0.2) is 29.3 Å². The summed E-state index contributed by atoms with van der Waals surface area (Å²) in [4.78, 5) is 19.0. The Morgan fingerprint density at radius 1 is 1.25 bits per heavy atom. The van der Waals surface area contributed by atoms with Crippen LogP contribution in [-0.2, 0) is 14.9 Å². The maximum atomic E-state index is 11.8. The minimum Gasteiger partial charge on any atom is -0.496 e. The molecule has 1 heterocycles. The molecule has 2 aliphatic rings. The Balaban J connectivity index is 0.00000280. The van der Waals surface area contributed by atoms with Crippen molar-refractivity contribution in [2.24, 2.45) is 10.9 Å². The Morgan fingerprint density at radius 2 is 1.93 bits per heavy atom. The fourth-order valence-corrected chi connectivity index (χ4v) is 3.89. The van der Waals surface area contributed by atoms with E-state index in [-0.39, 0.29) is 41.3 Å². The monoisotopic (exact) mass is 501 g/mol. The van der Waals surface area contributed by atoms with Gasteiger partial charge in [-0.3, -0.25) is 9.79 Å². The van der Waals surface area contributed by atoms with Gasteiger partial charge in [0.15, 0.2) is 5.96 Å². The van der Waals surface area contributed by atoms with Gasteiger partial charge < -0.3 is 19.7 Å². The van der Waals surface area contributed by atoms with E-state index in [1.54, 1.807) is 7.11 Å². The number of methoxy groups -OCH3 is 2. The summed E-state index contributed by atoms with van der Waals surface area (Å²) in [6.07, 6.45) is 3.91. The van der Waals surface area contributed by atoms with Gasteiger partial charge in [-0.1, -0.05) is 18.2 Å².